The van der Waals surface area contributed by atoms with Gasteiger partial charge in [-0.15, -0.1) is 6.42 Å². The second kappa shape index (κ2) is 15.6. The van der Waals surface area contributed by atoms with Gasteiger partial charge in [0.05, 0.1) is 10.8 Å². The van der Waals surface area contributed by atoms with Crippen LogP contribution in [0.5, 0.6) is 5.75 Å². The standard InChI is InChI=1S/C64H42O2/c1-3-37-66-54-36-29-48-40-53(35-28-49(48)41-54)64(61-19-11-7-15-57(61)58-16-8-12-20-62(58)64)51-32-25-45(26-33-51)44-23-30-50(31-24-44)63(59-17-9-5-13-55(59)56-14-6-10-18-60(56)63)52-34-27-46-38-43(42-65-4-2)21-22-47(46)39-52/h1-2,5-36,38-41H,37,42H2. The largest absolute Gasteiger partial charge is 0.481 e. The molecule has 0 heterocycles. The quantitative estimate of drug-likeness (QED) is 0.135. The van der Waals surface area contributed by atoms with E-state index in [1.54, 1.807) is 0 Å². The van der Waals surface area contributed by atoms with Gasteiger partial charge in [0.1, 0.15) is 25.1 Å². The second-order valence-electron chi connectivity index (χ2n) is 17.4. The van der Waals surface area contributed by atoms with E-state index >= 15 is 0 Å². The van der Waals surface area contributed by atoms with Crippen molar-refractivity contribution in [3.8, 4) is 64.0 Å². The summed E-state index contributed by atoms with van der Waals surface area (Å²) < 4.78 is 11.1. The predicted molar refractivity (Wildman–Crippen MR) is 269 cm³/mol. The first-order valence-electron chi connectivity index (χ1n) is 22.4. The molecule has 0 aliphatic heterocycles. The summed E-state index contributed by atoms with van der Waals surface area (Å²) in [5.74, 6) is 3.35. The van der Waals surface area contributed by atoms with Gasteiger partial charge in [0.2, 0.25) is 0 Å². The monoisotopic (exact) mass is 842 g/mol. The molecule has 12 rings (SSSR count). The summed E-state index contributed by atoms with van der Waals surface area (Å²) >= 11 is 0. The van der Waals surface area contributed by atoms with Gasteiger partial charge in [-0.2, -0.15) is 0 Å². The van der Waals surface area contributed by atoms with E-state index in [0.29, 0.717) is 6.61 Å². The Morgan fingerprint density at radius 1 is 0.379 bits per heavy atom. The summed E-state index contributed by atoms with van der Waals surface area (Å²) in [5, 5.41) is 4.57. The fraction of sp³-hybridized carbons (Fsp3) is 0.0625. The van der Waals surface area contributed by atoms with Crippen molar-refractivity contribution in [2.24, 2.45) is 0 Å². The molecule has 2 aliphatic rings. The number of ether oxygens (including phenoxy) is 2. The molecular weight excluding hydrogens is 801 g/mol. The van der Waals surface area contributed by atoms with Crippen molar-refractivity contribution in [1.29, 1.82) is 0 Å². The molecule has 0 atom stereocenters. The van der Waals surface area contributed by atoms with Crippen LogP contribution >= 0.6 is 0 Å². The lowest BCUT2D eigenvalue weighted by molar-refractivity contribution is 0.265. The summed E-state index contributed by atoms with van der Waals surface area (Å²) in [6, 6.07) is 80.6. The third-order valence-corrected chi connectivity index (χ3v) is 14.1. The van der Waals surface area contributed by atoms with Crippen LogP contribution in [0.15, 0.2) is 218 Å². The van der Waals surface area contributed by atoms with Gasteiger partial charge in [-0.05, 0) is 135 Å². The number of hydrogen-bond donors (Lipinski definition) is 0. The molecule has 0 spiro atoms. The van der Waals surface area contributed by atoms with Gasteiger partial charge in [-0.1, -0.05) is 200 Å². The van der Waals surface area contributed by atoms with E-state index in [0.717, 1.165) is 38.6 Å². The summed E-state index contributed by atoms with van der Waals surface area (Å²) in [6.45, 7) is 0.621. The Kier molecular flexibility index (Phi) is 9.24. The van der Waals surface area contributed by atoms with Crippen LogP contribution in [-0.2, 0) is 22.2 Å². The van der Waals surface area contributed by atoms with Gasteiger partial charge in [0.15, 0.2) is 0 Å². The van der Waals surface area contributed by atoms with Crippen molar-refractivity contribution < 1.29 is 9.47 Å². The molecule has 0 aromatic heterocycles. The molecule has 0 bridgehead atoms. The lowest BCUT2D eigenvalue weighted by atomic mass is 9.67. The molecule has 0 amide bonds. The highest BCUT2D eigenvalue weighted by Crippen LogP contribution is 2.58. The molecule has 2 heteroatoms. The Labute approximate surface area is 385 Å². The van der Waals surface area contributed by atoms with E-state index in [9.17, 15) is 0 Å². The Hall–Kier alpha value is -8.56. The van der Waals surface area contributed by atoms with Crippen LogP contribution in [0.4, 0.5) is 0 Å². The number of hydrogen-bond acceptors (Lipinski definition) is 2. The van der Waals surface area contributed by atoms with Crippen molar-refractivity contribution in [3.05, 3.63) is 268 Å². The zero-order chi connectivity index (χ0) is 44.2. The second-order valence-corrected chi connectivity index (χ2v) is 17.4. The van der Waals surface area contributed by atoms with Crippen molar-refractivity contribution >= 4 is 21.5 Å². The smallest absolute Gasteiger partial charge is 0.148 e. The van der Waals surface area contributed by atoms with E-state index in [4.69, 9.17) is 22.3 Å². The third-order valence-electron chi connectivity index (χ3n) is 14.1. The molecule has 0 saturated heterocycles. The maximum Gasteiger partial charge on any atom is 0.148 e. The molecule has 2 nitrogen and oxygen atoms in total. The first kappa shape index (κ1) is 39.1. The Bertz CT molecular complexity index is 3280. The maximum absolute atomic E-state index is 5.79. The molecule has 310 valence electrons. The zero-order valence-corrected chi connectivity index (χ0v) is 36.2. The molecule has 0 fully saturated rings. The average Bonchev–Trinajstić information content (AvgIpc) is 3.86. The first-order valence-corrected chi connectivity index (χ1v) is 22.4. The van der Waals surface area contributed by atoms with E-state index < -0.39 is 10.8 Å². The Balaban J connectivity index is 0.973. The van der Waals surface area contributed by atoms with Crippen LogP contribution in [0.25, 0.3) is 54.9 Å². The maximum atomic E-state index is 5.79. The fourth-order valence-corrected chi connectivity index (χ4v) is 11.3. The number of benzene rings is 10. The van der Waals surface area contributed by atoms with Gasteiger partial charge in [-0.25, -0.2) is 0 Å². The highest BCUT2D eigenvalue weighted by molar-refractivity contribution is 5.92. The number of terminal acetylenes is 2. The number of fused-ring (bicyclic) bond motifs is 8. The van der Waals surface area contributed by atoms with Crippen LogP contribution in [0.3, 0.4) is 0 Å². The molecule has 10 aromatic rings. The minimum Gasteiger partial charge on any atom is -0.481 e. The summed E-state index contributed by atoms with van der Waals surface area (Å²) in [5.41, 5.74) is 17.4. The van der Waals surface area contributed by atoms with Crippen LogP contribution in [0.1, 0.15) is 50.1 Å². The van der Waals surface area contributed by atoms with Gasteiger partial charge in [-0.3, -0.25) is 0 Å². The SMILES string of the molecule is C#CCOc1ccc2cc(C3(c4ccc(-c5ccc(C6(c7ccc8cc(COC#C)ccc8c7)c7ccccc7-c7ccccc76)cc5)cc4)c4ccccc4-c4ccccc43)ccc2c1. The van der Waals surface area contributed by atoms with E-state index in [2.05, 4.69) is 224 Å². The molecule has 0 radical (unpaired) electrons. The Morgan fingerprint density at radius 2 is 0.773 bits per heavy atom. The van der Waals surface area contributed by atoms with Crippen molar-refractivity contribution in [2.75, 3.05) is 6.61 Å². The third kappa shape index (κ3) is 5.86. The summed E-state index contributed by atoms with van der Waals surface area (Å²) in [7, 11) is 0. The number of rotatable bonds is 9. The van der Waals surface area contributed by atoms with Crippen molar-refractivity contribution in [2.45, 2.75) is 17.4 Å². The highest BCUT2D eigenvalue weighted by Gasteiger charge is 2.47. The molecular formula is C64H42O2. The molecule has 0 N–H and O–H groups in total. The van der Waals surface area contributed by atoms with E-state index in [-0.39, 0.29) is 6.61 Å². The van der Waals surface area contributed by atoms with Crippen LogP contribution in [0, 0.1) is 24.9 Å². The normalized spacial score (nSPS) is 13.5. The first-order chi connectivity index (χ1) is 32.6. The van der Waals surface area contributed by atoms with Crippen LogP contribution < -0.4 is 4.74 Å². The van der Waals surface area contributed by atoms with Crippen molar-refractivity contribution in [1.82, 2.24) is 0 Å². The van der Waals surface area contributed by atoms with Gasteiger partial charge in [0.25, 0.3) is 0 Å². The predicted octanol–water partition coefficient (Wildman–Crippen LogP) is 14.5. The van der Waals surface area contributed by atoms with Gasteiger partial charge < -0.3 is 9.47 Å². The molecule has 10 aromatic carbocycles. The fourth-order valence-electron chi connectivity index (χ4n) is 11.3. The minimum absolute atomic E-state index is 0.239. The van der Waals surface area contributed by atoms with Crippen LogP contribution in [0.2, 0.25) is 0 Å². The van der Waals surface area contributed by atoms with E-state index in [1.807, 2.05) is 6.07 Å². The zero-order valence-electron chi connectivity index (χ0n) is 36.2. The summed E-state index contributed by atoms with van der Waals surface area (Å²) in [6.07, 6.45) is 13.2. The molecule has 66 heavy (non-hydrogen) atoms. The van der Waals surface area contributed by atoms with Crippen molar-refractivity contribution in [3.63, 3.8) is 0 Å². The average molecular weight is 843 g/mol. The van der Waals surface area contributed by atoms with Crippen LogP contribution in [-0.4, -0.2) is 6.61 Å². The summed E-state index contributed by atoms with van der Waals surface area (Å²) in [4.78, 5) is 0. The molecule has 0 unspecified atom stereocenters. The Morgan fingerprint density at radius 3 is 1.23 bits per heavy atom. The molecule has 0 saturated carbocycles. The van der Waals surface area contributed by atoms with Gasteiger partial charge in [0, 0.05) is 0 Å². The lowest BCUT2D eigenvalue weighted by Crippen LogP contribution is -2.28. The lowest BCUT2D eigenvalue weighted by Gasteiger charge is -2.34. The topological polar surface area (TPSA) is 18.5 Å². The highest BCUT2D eigenvalue weighted by atomic mass is 16.5. The molecule has 2 aliphatic carbocycles. The van der Waals surface area contributed by atoms with E-state index in [1.165, 1.54) is 72.1 Å². The van der Waals surface area contributed by atoms with Gasteiger partial charge >= 0.3 is 0 Å². The minimum atomic E-state index is -0.533.